The van der Waals surface area contributed by atoms with Gasteiger partial charge in [-0.15, -0.1) is 0 Å². The van der Waals surface area contributed by atoms with E-state index in [4.69, 9.17) is 11.6 Å². The molecule has 8 nitrogen and oxygen atoms in total. The fraction of sp³-hybridized carbons (Fsp3) is 0.619. The van der Waals surface area contributed by atoms with Gasteiger partial charge >= 0.3 is 18.4 Å². The van der Waals surface area contributed by atoms with Crippen molar-refractivity contribution in [3.63, 3.8) is 0 Å². The lowest BCUT2D eigenvalue weighted by atomic mass is 10.1. The van der Waals surface area contributed by atoms with Gasteiger partial charge in [0.05, 0.1) is 6.26 Å². The van der Waals surface area contributed by atoms with E-state index < -0.39 is 34.6 Å². The Morgan fingerprint density at radius 2 is 1.76 bits per heavy atom. The first-order valence-corrected chi connectivity index (χ1v) is 13.4. The number of sulfonamides is 1. The molecule has 0 saturated carbocycles. The number of ether oxygens (including phenoxy) is 1. The number of nitrogens with zero attached hydrogens (tertiary/aromatic N) is 4. The van der Waals surface area contributed by atoms with Gasteiger partial charge in [-0.3, -0.25) is 4.90 Å². The quantitative estimate of drug-likeness (QED) is 0.376. The maximum absolute atomic E-state index is 12.7. The summed E-state index contributed by atoms with van der Waals surface area (Å²) < 4.78 is 106. The van der Waals surface area contributed by atoms with Crippen LogP contribution < -0.4 is 4.90 Å². The van der Waals surface area contributed by atoms with E-state index in [1.807, 2.05) is 15.9 Å². The van der Waals surface area contributed by atoms with Crippen LogP contribution in [-0.2, 0) is 21.3 Å². The number of piperazine rings is 1. The summed E-state index contributed by atoms with van der Waals surface area (Å²) in [5.41, 5.74) is 1.69. The second-order valence-corrected chi connectivity index (χ2v) is 11.0. The summed E-state index contributed by atoms with van der Waals surface area (Å²) in [4.78, 5) is 16.8. The Bertz CT molecular complexity index is 1090. The van der Waals surface area contributed by atoms with E-state index in [1.165, 1.54) is 6.21 Å². The molecule has 1 amide bonds. The molecule has 3 rings (SSSR count). The Morgan fingerprint density at radius 3 is 2.32 bits per heavy atom. The lowest BCUT2D eigenvalue weighted by Gasteiger charge is -2.36. The third-order valence-electron chi connectivity index (χ3n) is 5.91. The van der Waals surface area contributed by atoms with Gasteiger partial charge in [0.1, 0.15) is 0 Å². The number of anilines is 1. The van der Waals surface area contributed by atoms with Gasteiger partial charge in [-0.2, -0.15) is 30.7 Å². The molecule has 2 heterocycles. The Balaban J connectivity index is 1.61. The molecule has 2 saturated heterocycles. The molecule has 2 fully saturated rings. The molecule has 0 radical (unpaired) electrons. The number of hydrogen-bond acceptors (Lipinski definition) is 6. The largest absolute Gasteiger partial charge is 0.434 e. The van der Waals surface area contributed by atoms with Crippen molar-refractivity contribution in [3.05, 3.63) is 28.8 Å². The van der Waals surface area contributed by atoms with Gasteiger partial charge in [-0.05, 0) is 24.1 Å². The van der Waals surface area contributed by atoms with Gasteiger partial charge in [0, 0.05) is 68.7 Å². The predicted molar refractivity (Wildman–Crippen MR) is 124 cm³/mol. The van der Waals surface area contributed by atoms with Crippen LogP contribution in [0.4, 0.5) is 36.8 Å². The molecule has 16 heteroatoms. The van der Waals surface area contributed by atoms with Crippen LogP contribution in [0.15, 0.2) is 22.6 Å². The third kappa shape index (κ3) is 8.37. The molecule has 0 N–H and O–H groups in total. The minimum absolute atomic E-state index is 0.0756. The maximum Gasteiger partial charge on any atom is 0.434 e. The van der Waals surface area contributed by atoms with Gasteiger partial charge < -0.3 is 14.5 Å². The molecule has 1 aromatic carbocycles. The molecule has 1 unspecified atom stereocenters. The average Bonchev–Trinajstić information content (AvgIpc) is 3.24. The summed E-state index contributed by atoms with van der Waals surface area (Å²) in [7, 11) is -3.49. The van der Waals surface area contributed by atoms with Crippen molar-refractivity contribution in [3.8, 4) is 0 Å². The molecule has 2 aliphatic heterocycles. The number of hydrogen-bond donors (Lipinski definition) is 0. The van der Waals surface area contributed by atoms with Crippen molar-refractivity contribution in [2.45, 2.75) is 31.4 Å². The van der Waals surface area contributed by atoms with Gasteiger partial charge in [-0.1, -0.05) is 17.7 Å². The number of rotatable bonds is 6. The molecule has 2 aliphatic rings. The molecule has 0 spiro atoms. The number of alkyl halides is 6. The Morgan fingerprint density at radius 1 is 1.14 bits per heavy atom. The van der Waals surface area contributed by atoms with E-state index in [-0.39, 0.29) is 32.1 Å². The lowest BCUT2D eigenvalue weighted by Crippen LogP contribution is -2.52. The van der Waals surface area contributed by atoms with Gasteiger partial charge in [0.15, 0.2) is 0 Å². The highest BCUT2D eigenvalue weighted by Crippen LogP contribution is 2.36. The third-order valence-corrected chi connectivity index (χ3v) is 6.65. The van der Waals surface area contributed by atoms with Crippen LogP contribution in [0.2, 0.25) is 5.02 Å². The standard InChI is InChI=1S/C21H25ClF6N4O4S/c1-37(34,35)29-11-14-4-5-32(12-14)17-10-16(22)3-2-15(17)13-30-6-8-31(9-7-30)19(33)36-18(20(23,24)25)21(26,27)28/h2-3,10-11,14,18H,4-9,12-13H2,1H3/b29-11+. The molecular formula is C21H25ClF6N4O4S. The van der Waals surface area contributed by atoms with Crippen LogP contribution in [0, 0.1) is 5.92 Å². The van der Waals surface area contributed by atoms with Crippen molar-refractivity contribution >= 4 is 39.6 Å². The van der Waals surface area contributed by atoms with Crippen molar-refractivity contribution in [2.75, 3.05) is 50.4 Å². The van der Waals surface area contributed by atoms with E-state index in [0.29, 0.717) is 31.1 Å². The summed E-state index contributed by atoms with van der Waals surface area (Å²) in [6.07, 6.45) is -14.3. The summed E-state index contributed by atoms with van der Waals surface area (Å²) in [6, 6.07) is 5.28. The number of benzene rings is 1. The zero-order chi connectivity index (χ0) is 27.6. The lowest BCUT2D eigenvalue weighted by molar-refractivity contribution is -0.308. The normalized spacial score (nSPS) is 20.3. The highest BCUT2D eigenvalue weighted by Gasteiger charge is 2.60. The maximum atomic E-state index is 12.7. The van der Waals surface area contributed by atoms with Crippen LogP contribution in [-0.4, -0.2) is 94.5 Å². The minimum Gasteiger partial charge on any atom is -0.426 e. The Hall–Kier alpha value is -2.26. The van der Waals surface area contributed by atoms with Crippen LogP contribution in [0.25, 0.3) is 0 Å². The van der Waals surface area contributed by atoms with Crippen molar-refractivity contribution in [2.24, 2.45) is 10.3 Å². The van der Waals surface area contributed by atoms with Crippen LogP contribution in [0.1, 0.15) is 12.0 Å². The fourth-order valence-corrected chi connectivity index (χ4v) is 4.67. The summed E-state index contributed by atoms with van der Waals surface area (Å²) in [5.74, 6) is -0.0756. The molecule has 1 atom stereocenters. The van der Waals surface area contributed by atoms with E-state index in [0.717, 1.165) is 22.4 Å². The van der Waals surface area contributed by atoms with Gasteiger partial charge in [-0.25, -0.2) is 13.2 Å². The second-order valence-electron chi connectivity index (χ2n) is 8.87. The van der Waals surface area contributed by atoms with Crippen LogP contribution in [0.3, 0.4) is 0 Å². The fourth-order valence-electron chi connectivity index (χ4n) is 4.11. The first-order chi connectivity index (χ1) is 17.0. The highest BCUT2D eigenvalue weighted by molar-refractivity contribution is 7.89. The monoisotopic (exact) mass is 578 g/mol. The molecule has 0 bridgehead atoms. The number of amides is 1. The average molecular weight is 579 g/mol. The topological polar surface area (TPSA) is 82.5 Å². The van der Waals surface area contributed by atoms with Crippen LogP contribution in [0.5, 0.6) is 0 Å². The van der Waals surface area contributed by atoms with E-state index in [1.54, 1.807) is 12.1 Å². The zero-order valence-electron chi connectivity index (χ0n) is 19.6. The van der Waals surface area contributed by atoms with E-state index in [2.05, 4.69) is 9.13 Å². The number of carbonyl (C=O) groups is 1. The molecule has 0 aliphatic carbocycles. The van der Waals surface area contributed by atoms with Crippen LogP contribution >= 0.6 is 11.6 Å². The van der Waals surface area contributed by atoms with E-state index >= 15 is 0 Å². The van der Waals surface area contributed by atoms with E-state index in [9.17, 15) is 39.6 Å². The molecule has 1 aromatic rings. The van der Waals surface area contributed by atoms with Crippen molar-refractivity contribution < 1.29 is 44.3 Å². The molecular weight excluding hydrogens is 554 g/mol. The second kappa shape index (κ2) is 11.2. The summed E-state index contributed by atoms with van der Waals surface area (Å²) >= 11 is 6.19. The zero-order valence-corrected chi connectivity index (χ0v) is 21.2. The number of halogens is 7. The van der Waals surface area contributed by atoms with Crippen molar-refractivity contribution in [1.29, 1.82) is 0 Å². The Labute approximate surface area is 214 Å². The predicted octanol–water partition coefficient (Wildman–Crippen LogP) is 3.94. The smallest absolute Gasteiger partial charge is 0.426 e. The van der Waals surface area contributed by atoms with Gasteiger partial charge in [0.2, 0.25) is 10.0 Å². The Kier molecular flexibility index (Phi) is 8.90. The first kappa shape index (κ1) is 29.3. The van der Waals surface area contributed by atoms with Gasteiger partial charge in [0.25, 0.3) is 6.10 Å². The molecule has 208 valence electrons. The highest BCUT2D eigenvalue weighted by atomic mass is 35.5. The minimum atomic E-state index is -5.77. The SMILES string of the molecule is CS(=O)(=O)/N=C/C1CCN(c2cc(Cl)ccc2CN2CCN(C(=O)OC(C(F)(F)F)C(F)(F)F)CC2)C1. The number of carbonyl (C=O) groups excluding carboxylic acids is 1. The first-order valence-electron chi connectivity index (χ1n) is 11.1. The summed E-state index contributed by atoms with van der Waals surface area (Å²) in [6.45, 7) is 1.71. The van der Waals surface area contributed by atoms with Crippen molar-refractivity contribution in [1.82, 2.24) is 9.80 Å². The summed E-state index contributed by atoms with van der Waals surface area (Å²) in [5, 5.41) is 0.489. The molecule has 0 aromatic heterocycles. The molecule has 37 heavy (non-hydrogen) atoms.